The summed E-state index contributed by atoms with van der Waals surface area (Å²) in [6.45, 7) is 3.65. The molecule has 1 N–H and O–H groups in total. The van der Waals surface area contributed by atoms with Gasteiger partial charge in [-0.05, 0) is 69.7 Å². The molecule has 0 bridgehead atoms. The fourth-order valence-electron chi connectivity index (χ4n) is 5.39. The van der Waals surface area contributed by atoms with Gasteiger partial charge in [-0.25, -0.2) is 0 Å². The standard InChI is InChI=1S/C27H35F6N5O/c28-26(29,30)19-3-5-20(6-4-19)35-21-8-14-37(15-9-21)13-1-2-25(39)38-16-10-22(11-17-38)36-23-7-12-34-24(18-23)27(31,32)33/h3,5,7,12,18-19,21-22H,1-2,4,6,8-11,13-17H2,(H,34,36). The maximum Gasteiger partial charge on any atom is 0.433 e. The Balaban J connectivity index is 1.11. The number of likely N-dealkylation sites (tertiary alicyclic amines) is 2. The molecule has 1 aromatic rings. The Bertz CT molecular complexity index is 1020. The van der Waals surface area contributed by atoms with Crippen molar-refractivity contribution in [2.75, 3.05) is 38.0 Å². The number of hydrogen-bond acceptors (Lipinski definition) is 5. The van der Waals surface area contributed by atoms with Crippen molar-refractivity contribution in [2.45, 2.75) is 75.8 Å². The van der Waals surface area contributed by atoms with Gasteiger partial charge in [-0.2, -0.15) is 26.3 Å². The van der Waals surface area contributed by atoms with Gasteiger partial charge in [0, 0.05) is 56.2 Å². The number of halogens is 6. The summed E-state index contributed by atoms with van der Waals surface area (Å²) in [5, 5.41) is 3.13. The van der Waals surface area contributed by atoms with Crippen molar-refractivity contribution in [2.24, 2.45) is 10.9 Å². The van der Waals surface area contributed by atoms with Crippen LogP contribution in [0.3, 0.4) is 0 Å². The number of allylic oxidation sites excluding steroid dienone is 2. The van der Waals surface area contributed by atoms with Gasteiger partial charge in [-0.15, -0.1) is 0 Å². The van der Waals surface area contributed by atoms with E-state index >= 15 is 0 Å². The van der Waals surface area contributed by atoms with Gasteiger partial charge in [0.2, 0.25) is 5.91 Å². The smallest absolute Gasteiger partial charge is 0.382 e. The highest BCUT2D eigenvalue weighted by Gasteiger charge is 2.38. The molecule has 0 aromatic carbocycles. The van der Waals surface area contributed by atoms with Crippen LogP contribution in [0.2, 0.25) is 0 Å². The summed E-state index contributed by atoms with van der Waals surface area (Å²) < 4.78 is 77.0. The molecular weight excluding hydrogens is 524 g/mol. The molecule has 39 heavy (non-hydrogen) atoms. The second kappa shape index (κ2) is 12.7. The molecule has 2 fully saturated rings. The second-order valence-electron chi connectivity index (χ2n) is 10.6. The Morgan fingerprint density at radius 3 is 2.36 bits per heavy atom. The van der Waals surface area contributed by atoms with Gasteiger partial charge in [0.1, 0.15) is 5.69 Å². The third kappa shape index (κ3) is 8.68. The Hall–Kier alpha value is -2.63. The summed E-state index contributed by atoms with van der Waals surface area (Å²) >= 11 is 0. The molecule has 0 radical (unpaired) electrons. The van der Waals surface area contributed by atoms with Gasteiger partial charge >= 0.3 is 12.4 Å². The Morgan fingerprint density at radius 2 is 1.74 bits per heavy atom. The zero-order chi connectivity index (χ0) is 28.0. The first kappa shape index (κ1) is 29.4. The fraction of sp³-hybridized carbons (Fsp3) is 0.667. The summed E-state index contributed by atoms with van der Waals surface area (Å²) in [6.07, 6.45) is -0.117. The average Bonchev–Trinajstić information content (AvgIpc) is 2.89. The van der Waals surface area contributed by atoms with Gasteiger partial charge in [-0.1, -0.05) is 6.08 Å². The van der Waals surface area contributed by atoms with Crippen LogP contribution < -0.4 is 5.32 Å². The van der Waals surface area contributed by atoms with E-state index in [0.717, 1.165) is 56.9 Å². The molecule has 4 rings (SSSR count). The molecule has 0 spiro atoms. The number of carbonyl (C=O) groups is 1. The molecule has 1 aliphatic carbocycles. The van der Waals surface area contributed by atoms with E-state index in [9.17, 15) is 31.1 Å². The largest absolute Gasteiger partial charge is 0.433 e. The number of anilines is 1. The average molecular weight is 560 g/mol. The number of carbonyl (C=O) groups excluding carboxylic acids is 1. The lowest BCUT2D eigenvalue weighted by Gasteiger charge is -2.33. The first-order valence-electron chi connectivity index (χ1n) is 13.6. The molecule has 12 heteroatoms. The predicted molar refractivity (Wildman–Crippen MR) is 137 cm³/mol. The number of piperidine rings is 2. The van der Waals surface area contributed by atoms with E-state index in [1.165, 1.54) is 18.2 Å². The molecule has 1 aromatic heterocycles. The highest BCUT2D eigenvalue weighted by Crippen LogP contribution is 2.33. The number of aliphatic imine (C=N–C) groups is 1. The number of nitrogens with one attached hydrogen (secondary N) is 1. The fourth-order valence-corrected chi connectivity index (χ4v) is 5.39. The van der Waals surface area contributed by atoms with Crippen LogP contribution in [0, 0.1) is 5.92 Å². The lowest BCUT2D eigenvalue weighted by molar-refractivity contribution is -0.162. The van der Waals surface area contributed by atoms with Crippen LogP contribution in [-0.2, 0) is 11.0 Å². The van der Waals surface area contributed by atoms with E-state index in [1.807, 2.05) is 4.90 Å². The molecular formula is C27H35F6N5O. The van der Waals surface area contributed by atoms with Gasteiger partial charge in [0.15, 0.2) is 0 Å². The van der Waals surface area contributed by atoms with Crippen LogP contribution in [0.4, 0.5) is 32.0 Å². The molecule has 2 aliphatic heterocycles. The molecule has 1 unspecified atom stereocenters. The molecule has 1 amide bonds. The van der Waals surface area contributed by atoms with Gasteiger partial charge in [0.25, 0.3) is 0 Å². The van der Waals surface area contributed by atoms with Gasteiger partial charge < -0.3 is 15.1 Å². The van der Waals surface area contributed by atoms with Crippen LogP contribution in [0.15, 0.2) is 35.5 Å². The highest BCUT2D eigenvalue weighted by molar-refractivity contribution is 5.95. The normalized spacial score (nSPS) is 23.4. The first-order valence-corrected chi connectivity index (χ1v) is 13.6. The molecule has 0 saturated carbocycles. The van der Waals surface area contributed by atoms with Gasteiger partial charge in [-0.3, -0.25) is 14.8 Å². The minimum absolute atomic E-state index is 0.00225. The summed E-state index contributed by atoms with van der Waals surface area (Å²) in [5.74, 6) is -1.27. The lowest BCUT2D eigenvalue weighted by atomic mass is 9.93. The Labute approximate surface area is 224 Å². The first-order chi connectivity index (χ1) is 18.5. The van der Waals surface area contributed by atoms with Crippen molar-refractivity contribution < 1.29 is 31.1 Å². The van der Waals surface area contributed by atoms with Gasteiger partial charge in [0.05, 0.1) is 12.0 Å². The number of alkyl halides is 6. The van der Waals surface area contributed by atoms with E-state index < -0.39 is 24.0 Å². The number of rotatable bonds is 7. The van der Waals surface area contributed by atoms with Crippen molar-refractivity contribution in [3.8, 4) is 0 Å². The van der Waals surface area contributed by atoms with Crippen molar-refractivity contribution in [1.29, 1.82) is 0 Å². The van der Waals surface area contributed by atoms with Crippen molar-refractivity contribution in [3.05, 3.63) is 36.2 Å². The Morgan fingerprint density at radius 1 is 1.03 bits per heavy atom. The van der Waals surface area contributed by atoms with E-state index in [-0.39, 0.29) is 24.4 Å². The minimum atomic E-state index is -4.49. The van der Waals surface area contributed by atoms with Crippen LogP contribution in [-0.4, -0.2) is 77.4 Å². The van der Waals surface area contributed by atoms with E-state index in [2.05, 4.69) is 20.2 Å². The number of amides is 1. The minimum Gasteiger partial charge on any atom is -0.382 e. The maximum absolute atomic E-state index is 12.9. The highest BCUT2D eigenvalue weighted by atomic mass is 19.4. The third-order valence-corrected chi connectivity index (χ3v) is 7.69. The number of hydrogen-bond donors (Lipinski definition) is 1. The number of pyridine rings is 1. The molecule has 3 heterocycles. The van der Waals surface area contributed by atoms with Crippen LogP contribution in [0.5, 0.6) is 0 Å². The number of aromatic nitrogens is 1. The Kier molecular flexibility index (Phi) is 9.56. The monoisotopic (exact) mass is 559 g/mol. The van der Waals surface area contributed by atoms with Crippen molar-refractivity contribution in [1.82, 2.24) is 14.8 Å². The van der Waals surface area contributed by atoms with Crippen LogP contribution in [0.1, 0.15) is 57.1 Å². The molecule has 6 nitrogen and oxygen atoms in total. The SMILES string of the molecule is O=C(CCCN1CCC(N=C2C=CC(C(F)(F)F)CC2)CC1)N1CCC(Nc2ccnc(C(F)(F)F)c2)CC1. The molecule has 216 valence electrons. The predicted octanol–water partition coefficient (Wildman–Crippen LogP) is 5.72. The van der Waals surface area contributed by atoms with Crippen molar-refractivity contribution >= 4 is 17.3 Å². The van der Waals surface area contributed by atoms with E-state index in [1.54, 1.807) is 0 Å². The summed E-state index contributed by atoms with van der Waals surface area (Å²) in [6, 6.07) is 2.65. The maximum atomic E-state index is 12.9. The summed E-state index contributed by atoms with van der Waals surface area (Å²) in [5.41, 5.74) is 0.203. The molecule has 3 aliphatic rings. The third-order valence-electron chi connectivity index (χ3n) is 7.69. The quantitative estimate of drug-likeness (QED) is 0.435. The van der Waals surface area contributed by atoms with Crippen LogP contribution >= 0.6 is 0 Å². The second-order valence-corrected chi connectivity index (χ2v) is 10.6. The summed E-state index contributed by atoms with van der Waals surface area (Å²) in [7, 11) is 0. The van der Waals surface area contributed by atoms with Crippen LogP contribution in [0.25, 0.3) is 0 Å². The molecule has 1 atom stereocenters. The zero-order valence-corrected chi connectivity index (χ0v) is 21.8. The summed E-state index contributed by atoms with van der Waals surface area (Å²) in [4.78, 5) is 24.9. The topological polar surface area (TPSA) is 60.8 Å². The van der Waals surface area contributed by atoms with Crippen molar-refractivity contribution in [3.63, 3.8) is 0 Å². The lowest BCUT2D eigenvalue weighted by Crippen LogP contribution is -2.42. The zero-order valence-electron chi connectivity index (χ0n) is 21.8. The molecule has 2 saturated heterocycles. The number of nitrogens with zero attached hydrogens (tertiary/aromatic N) is 4. The van der Waals surface area contributed by atoms with E-state index in [0.29, 0.717) is 44.5 Å². The van der Waals surface area contributed by atoms with E-state index in [4.69, 9.17) is 0 Å².